The molecule has 0 radical (unpaired) electrons. The molecule has 0 bridgehead atoms. The average Bonchev–Trinajstić information content (AvgIpc) is 1.97. The summed E-state index contributed by atoms with van der Waals surface area (Å²) >= 11 is 0. The Labute approximate surface area is 70.8 Å². The van der Waals surface area contributed by atoms with Crippen molar-refractivity contribution in [3.63, 3.8) is 0 Å². The van der Waals surface area contributed by atoms with Crippen molar-refractivity contribution >= 4 is 0 Å². The molecule has 1 fully saturated rings. The summed E-state index contributed by atoms with van der Waals surface area (Å²) in [6.07, 6.45) is 1.25. The van der Waals surface area contributed by atoms with Crippen molar-refractivity contribution in [2.75, 3.05) is 13.1 Å². The first-order valence-corrected chi connectivity index (χ1v) is 4.67. The lowest BCUT2D eigenvalue weighted by atomic mass is 10.2. The predicted molar refractivity (Wildman–Crippen MR) is 50.9 cm³/mol. The van der Waals surface area contributed by atoms with Gasteiger partial charge in [0.15, 0.2) is 0 Å². The van der Waals surface area contributed by atoms with E-state index in [-0.39, 0.29) is 0 Å². The summed E-state index contributed by atoms with van der Waals surface area (Å²) in [7, 11) is 0. The Kier molecular flexibility index (Phi) is 6.57. The normalized spacial score (nSPS) is 30.5. The molecule has 1 aliphatic heterocycles. The number of piperazine rings is 1. The molecule has 1 saturated heterocycles. The van der Waals surface area contributed by atoms with E-state index >= 15 is 0 Å². The molecule has 2 N–H and O–H groups in total. The van der Waals surface area contributed by atoms with Crippen LogP contribution in [0.15, 0.2) is 0 Å². The molecule has 0 aromatic rings. The minimum Gasteiger partial charge on any atom is -0.311 e. The van der Waals surface area contributed by atoms with E-state index in [0.717, 1.165) is 13.1 Å². The molecule has 2 atom stereocenters. The first-order chi connectivity index (χ1) is 5.20. The zero-order valence-corrected chi connectivity index (χ0v) is 8.28. The zero-order valence-electron chi connectivity index (χ0n) is 8.28. The first kappa shape index (κ1) is 10.9. The largest absolute Gasteiger partial charge is 0.311 e. The molecule has 11 heavy (non-hydrogen) atoms. The van der Waals surface area contributed by atoms with Crippen molar-refractivity contribution in [1.82, 2.24) is 10.6 Å². The van der Waals surface area contributed by atoms with Gasteiger partial charge in [0.25, 0.3) is 0 Å². The molecular formula is C9H22N2. The number of rotatable bonds is 0. The molecule has 68 valence electrons. The Hall–Kier alpha value is -0.0800. The summed E-state index contributed by atoms with van der Waals surface area (Å²) in [5, 5.41) is 6.74. The fourth-order valence-electron chi connectivity index (χ4n) is 0.900. The third kappa shape index (κ3) is 6.32. The van der Waals surface area contributed by atoms with Gasteiger partial charge < -0.3 is 10.6 Å². The van der Waals surface area contributed by atoms with Gasteiger partial charge in [-0.3, -0.25) is 0 Å². The lowest BCUT2D eigenvalue weighted by molar-refractivity contribution is 0.376. The van der Waals surface area contributed by atoms with Crippen LogP contribution in [0.4, 0.5) is 0 Å². The minimum absolute atomic E-state index is 0.659. The van der Waals surface area contributed by atoms with E-state index in [1.54, 1.807) is 0 Å². The predicted octanol–water partition coefficient (Wildman–Crippen LogP) is 1.37. The topological polar surface area (TPSA) is 24.1 Å². The molecule has 0 aliphatic carbocycles. The molecule has 0 spiro atoms. The van der Waals surface area contributed by atoms with Gasteiger partial charge in [0.05, 0.1) is 0 Å². The molecule has 2 unspecified atom stereocenters. The Morgan fingerprint density at radius 2 is 1.27 bits per heavy atom. The van der Waals surface area contributed by atoms with Gasteiger partial charge in [0, 0.05) is 25.2 Å². The minimum atomic E-state index is 0.659. The van der Waals surface area contributed by atoms with Crippen LogP contribution in [0.25, 0.3) is 0 Å². The van der Waals surface area contributed by atoms with Crippen LogP contribution >= 0.6 is 0 Å². The van der Waals surface area contributed by atoms with Crippen molar-refractivity contribution in [2.45, 2.75) is 46.2 Å². The molecule has 1 heterocycles. The van der Waals surface area contributed by atoms with Gasteiger partial charge in [-0.2, -0.15) is 0 Å². The third-order valence-corrected chi connectivity index (χ3v) is 1.54. The maximum atomic E-state index is 3.37. The standard InChI is InChI=1S/C6H14N2.C3H8/c1-5-3-8-6(2)4-7-5;1-3-2/h5-8H,3-4H2,1-2H3;3H2,1-2H3. The monoisotopic (exact) mass is 158 g/mol. The van der Waals surface area contributed by atoms with Crippen molar-refractivity contribution in [2.24, 2.45) is 0 Å². The summed E-state index contributed by atoms with van der Waals surface area (Å²) < 4.78 is 0. The van der Waals surface area contributed by atoms with Gasteiger partial charge in [-0.15, -0.1) is 0 Å². The summed E-state index contributed by atoms with van der Waals surface area (Å²) in [5.41, 5.74) is 0. The van der Waals surface area contributed by atoms with E-state index in [4.69, 9.17) is 0 Å². The van der Waals surface area contributed by atoms with Crippen LogP contribution in [0.5, 0.6) is 0 Å². The zero-order chi connectivity index (χ0) is 8.69. The molecular weight excluding hydrogens is 136 g/mol. The van der Waals surface area contributed by atoms with Gasteiger partial charge in [-0.25, -0.2) is 0 Å². The Morgan fingerprint density at radius 3 is 1.45 bits per heavy atom. The highest BCUT2D eigenvalue weighted by Crippen LogP contribution is 1.89. The highest BCUT2D eigenvalue weighted by molar-refractivity contribution is 4.76. The van der Waals surface area contributed by atoms with E-state index < -0.39 is 0 Å². The summed E-state index contributed by atoms with van der Waals surface area (Å²) in [5.74, 6) is 0. The van der Waals surface area contributed by atoms with E-state index in [1.165, 1.54) is 6.42 Å². The Balaban J connectivity index is 0.000000292. The highest BCUT2D eigenvalue weighted by atomic mass is 15.1. The van der Waals surface area contributed by atoms with Crippen LogP contribution in [0, 0.1) is 0 Å². The number of hydrogen-bond donors (Lipinski definition) is 2. The van der Waals surface area contributed by atoms with Crippen LogP contribution in [-0.4, -0.2) is 25.2 Å². The molecule has 2 nitrogen and oxygen atoms in total. The molecule has 1 rings (SSSR count). The van der Waals surface area contributed by atoms with Crippen LogP contribution in [0.3, 0.4) is 0 Å². The van der Waals surface area contributed by atoms with Crippen molar-refractivity contribution in [1.29, 1.82) is 0 Å². The van der Waals surface area contributed by atoms with Crippen LogP contribution < -0.4 is 10.6 Å². The second kappa shape index (κ2) is 6.62. The first-order valence-electron chi connectivity index (χ1n) is 4.67. The maximum Gasteiger partial charge on any atom is 0.0164 e. The number of nitrogens with one attached hydrogen (secondary N) is 2. The van der Waals surface area contributed by atoms with E-state index in [1.807, 2.05) is 0 Å². The number of hydrogen-bond acceptors (Lipinski definition) is 2. The molecule has 0 amide bonds. The molecule has 0 aromatic carbocycles. The van der Waals surface area contributed by atoms with Crippen LogP contribution in [-0.2, 0) is 0 Å². The second-order valence-corrected chi connectivity index (χ2v) is 3.33. The Bertz CT molecular complexity index is 65.6. The van der Waals surface area contributed by atoms with Crippen LogP contribution in [0.2, 0.25) is 0 Å². The lowest BCUT2D eigenvalue weighted by Crippen LogP contribution is -2.51. The van der Waals surface area contributed by atoms with E-state index in [2.05, 4.69) is 38.3 Å². The van der Waals surface area contributed by atoms with E-state index in [9.17, 15) is 0 Å². The Morgan fingerprint density at radius 1 is 1.00 bits per heavy atom. The molecule has 2 heteroatoms. The van der Waals surface area contributed by atoms with Gasteiger partial charge in [-0.05, 0) is 13.8 Å². The summed E-state index contributed by atoms with van der Waals surface area (Å²) in [4.78, 5) is 0. The molecule has 0 saturated carbocycles. The van der Waals surface area contributed by atoms with Gasteiger partial charge in [-0.1, -0.05) is 20.3 Å². The van der Waals surface area contributed by atoms with Crippen molar-refractivity contribution in [3.8, 4) is 0 Å². The van der Waals surface area contributed by atoms with Gasteiger partial charge in [0.2, 0.25) is 0 Å². The fraction of sp³-hybridized carbons (Fsp3) is 1.00. The smallest absolute Gasteiger partial charge is 0.0164 e. The quantitative estimate of drug-likeness (QED) is 0.556. The van der Waals surface area contributed by atoms with Crippen molar-refractivity contribution < 1.29 is 0 Å². The van der Waals surface area contributed by atoms with Crippen LogP contribution in [0.1, 0.15) is 34.1 Å². The maximum absolute atomic E-state index is 3.37. The summed E-state index contributed by atoms with van der Waals surface area (Å²) in [6, 6.07) is 1.32. The molecule has 1 aliphatic rings. The SMILES string of the molecule is CC1CNC(C)CN1.CCC. The second-order valence-electron chi connectivity index (χ2n) is 3.33. The third-order valence-electron chi connectivity index (χ3n) is 1.54. The fourth-order valence-corrected chi connectivity index (χ4v) is 0.900. The van der Waals surface area contributed by atoms with Crippen molar-refractivity contribution in [3.05, 3.63) is 0 Å². The van der Waals surface area contributed by atoms with Gasteiger partial charge in [0.1, 0.15) is 0 Å². The molecule has 0 aromatic heterocycles. The average molecular weight is 158 g/mol. The highest BCUT2D eigenvalue weighted by Gasteiger charge is 2.10. The summed E-state index contributed by atoms with van der Waals surface area (Å²) in [6.45, 7) is 10.9. The van der Waals surface area contributed by atoms with Gasteiger partial charge >= 0.3 is 0 Å². The van der Waals surface area contributed by atoms with E-state index in [0.29, 0.717) is 12.1 Å². The lowest BCUT2D eigenvalue weighted by Gasteiger charge is -2.26.